The molecule has 0 atom stereocenters. The van der Waals surface area contributed by atoms with Crippen LogP contribution in [-0.4, -0.2) is 58.0 Å². The molecule has 0 aliphatic carbocycles. The normalized spacial score (nSPS) is 17.2. The second-order valence-electron chi connectivity index (χ2n) is 8.23. The highest BCUT2D eigenvalue weighted by molar-refractivity contribution is 6.21. The maximum absolute atomic E-state index is 13.1. The first-order valence-electron chi connectivity index (χ1n) is 10.9. The minimum absolute atomic E-state index is 0.197. The Hall–Kier alpha value is -3.39. The summed E-state index contributed by atoms with van der Waals surface area (Å²) in [6.07, 6.45) is 2.54. The van der Waals surface area contributed by atoms with Gasteiger partial charge in [-0.25, -0.2) is 4.39 Å². The van der Waals surface area contributed by atoms with E-state index in [0.29, 0.717) is 35.0 Å². The van der Waals surface area contributed by atoms with Gasteiger partial charge in [-0.15, -0.1) is 10.2 Å². The molecule has 1 fully saturated rings. The highest BCUT2D eigenvalue weighted by Gasteiger charge is 2.34. The zero-order valence-corrected chi connectivity index (χ0v) is 17.5. The zero-order valence-electron chi connectivity index (χ0n) is 17.5. The summed E-state index contributed by atoms with van der Waals surface area (Å²) in [5, 5.41) is 8.32. The van der Waals surface area contributed by atoms with E-state index in [-0.39, 0.29) is 23.5 Å². The highest BCUT2D eigenvalue weighted by Crippen LogP contribution is 2.29. The molecule has 0 N–H and O–H groups in total. The van der Waals surface area contributed by atoms with Crippen LogP contribution in [0.3, 0.4) is 0 Å². The molecule has 164 valence electrons. The van der Waals surface area contributed by atoms with Crippen molar-refractivity contribution in [3.63, 3.8) is 0 Å². The van der Waals surface area contributed by atoms with Crippen LogP contribution in [0.25, 0.3) is 11.5 Å². The average molecular weight is 434 g/mol. The van der Waals surface area contributed by atoms with Crippen molar-refractivity contribution < 1.29 is 18.4 Å². The molecule has 0 bridgehead atoms. The maximum atomic E-state index is 13.1. The molecule has 0 spiro atoms. The molecule has 0 saturated carbocycles. The lowest BCUT2D eigenvalue weighted by Gasteiger charge is -2.30. The molecule has 1 saturated heterocycles. The summed E-state index contributed by atoms with van der Waals surface area (Å²) in [4.78, 5) is 28.6. The molecule has 1 aromatic heterocycles. The van der Waals surface area contributed by atoms with Crippen molar-refractivity contribution in [2.45, 2.75) is 25.2 Å². The smallest absolute Gasteiger partial charge is 0.261 e. The molecule has 2 aliphatic rings. The third-order valence-electron chi connectivity index (χ3n) is 6.20. The van der Waals surface area contributed by atoms with Crippen molar-refractivity contribution in [3.8, 4) is 11.5 Å². The van der Waals surface area contributed by atoms with Gasteiger partial charge in [0.2, 0.25) is 11.8 Å². The number of carbonyl (C=O) groups is 2. The lowest BCUT2D eigenvalue weighted by molar-refractivity contribution is 0.0645. The van der Waals surface area contributed by atoms with Gasteiger partial charge in [0.1, 0.15) is 5.82 Å². The van der Waals surface area contributed by atoms with E-state index in [1.807, 2.05) is 0 Å². The first-order valence-corrected chi connectivity index (χ1v) is 10.9. The topological polar surface area (TPSA) is 79.5 Å². The van der Waals surface area contributed by atoms with Crippen molar-refractivity contribution in [1.82, 2.24) is 20.0 Å². The van der Waals surface area contributed by atoms with Gasteiger partial charge in [0, 0.05) is 18.0 Å². The van der Waals surface area contributed by atoms with Gasteiger partial charge in [0.05, 0.1) is 11.1 Å². The molecule has 2 amide bonds. The molecule has 3 heterocycles. The number of nitrogens with zero attached hydrogens (tertiary/aromatic N) is 4. The summed E-state index contributed by atoms with van der Waals surface area (Å²) in [5.74, 6) is 0.529. The molecular formula is C24H23FN4O3. The zero-order chi connectivity index (χ0) is 22.1. The molecule has 7 nitrogen and oxygen atoms in total. The van der Waals surface area contributed by atoms with E-state index in [1.54, 1.807) is 36.4 Å². The molecule has 8 heteroatoms. The number of piperidine rings is 1. The Morgan fingerprint density at radius 1 is 0.906 bits per heavy atom. The van der Waals surface area contributed by atoms with Crippen molar-refractivity contribution in [2.24, 2.45) is 0 Å². The number of benzene rings is 2. The van der Waals surface area contributed by atoms with Gasteiger partial charge in [-0.3, -0.25) is 14.5 Å². The molecule has 2 aliphatic heterocycles. The summed E-state index contributed by atoms with van der Waals surface area (Å²) in [5.41, 5.74) is 1.70. The monoisotopic (exact) mass is 434 g/mol. The minimum atomic E-state index is -0.302. The van der Waals surface area contributed by atoms with Crippen molar-refractivity contribution in [1.29, 1.82) is 0 Å². The fourth-order valence-corrected chi connectivity index (χ4v) is 4.41. The Morgan fingerprint density at radius 2 is 1.56 bits per heavy atom. The number of aromatic nitrogens is 2. The second kappa shape index (κ2) is 8.63. The number of amides is 2. The van der Waals surface area contributed by atoms with Gasteiger partial charge in [0.15, 0.2) is 0 Å². The summed E-state index contributed by atoms with van der Waals surface area (Å²) >= 11 is 0. The summed E-state index contributed by atoms with van der Waals surface area (Å²) in [6.45, 7) is 3.03. The van der Waals surface area contributed by atoms with E-state index in [9.17, 15) is 14.0 Å². The van der Waals surface area contributed by atoms with Crippen LogP contribution < -0.4 is 0 Å². The van der Waals surface area contributed by atoms with Gasteiger partial charge in [-0.2, -0.15) is 0 Å². The molecule has 32 heavy (non-hydrogen) atoms. The SMILES string of the molecule is O=C1c2ccccc2C(=O)N1CCCN1CCC(c2nnc(-c3ccc(F)cc3)o2)CC1. The summed E-state index contributed by atoms with van der Waals surface area (Å²) in [7, 11) is 0. The van der Waals surface area contributed by atoms with Crippen LogP contribution in [-0.2, 0) is 0 Å². The number of hydrogen-bond acceptors (Lipinski definition) is 6. The number of likely N-dealkylation sites (tertiary alicyclic amines) is 1. The van der Waals surface area contributed by atoms with E-state index in [4.69, 9.17) is 4.42 Å². The fraction of sp³-hybridized carbons (Fsp3) is 0.333. The fourth-order valence-electron chi connectivity index (χ4n) is 4.41. The molecular weight excluding hydrogens is 411 g/mol. The standard InChI is InChI=1S/C24H23FN4O3/c25-18-8-6-16(7-9-18)21-26-27-22(32-21)17-10-14-28(15-11-17)12-3-13-29-23(30)19-4-1-2-5-20(19)24(29)31/h1-2,4-9,17H,3,10-15H2. The van der Waals surface area contributed by atoms with Crippen LogP contribution in [0.4, 0.5) is 4.39 Å². The quantitative estimate of drug-likeness (QED) is 0.550. The number of imide groups is 1. The molecule has 0 unspecified atom stereocenters. The first kappa shape index (κ1) is 20.5. The Morgan fingerprint density at radius 3 is 2.22 bits per heavy atom. The maximum Gasteiger partial charge on any atom is 0.261 e. The largest absolute Gasteiger partial charge is 0.420 e. The Balaban J connectivity index is 1.10. The Labute approximate surface area is 184 Å². The molecule has 3 aromatic rings. The molecule has 2 aromatic carbocycles. The van der Waals surface area contributed by atoms with Gasteiger partial charge < -0.3 is 9.32 Å². The second-order valence-corrected chi connectivity index (χ2v) is 8.23. The van der Waals surface area contributed by atoms with E-state index >= 15 is 0 Å². The molecule has 5 rings (SSSR count). The van der Waals surface area contributed by atoms with Gasteiger partial charge in [0.25, 0.3) is 11.8 Å². The van der Waals surface area contributed by atoms with Crippen molar-refractivity contribution in [2.75, 3.05) is 26.2 Å². The molecule has 0 radical (unpaired) electrons. The van der Waals surface area contributed by atoms with Gasteiger partial charge >= 0.3 is 0 Å². The number of hydrogen-bond donors (Lipinski definition) is 0. The van der Waals surface area contributed by atoms with E-state index in [0.717, 1.165) is 38.9 Å². The minimum Gasteiger partial charge on any atom is -0.420 e. The van der Waals surface area contributed by atoms with Crippen LogP contribution in [0.15, 0.2) is 52.9 Å². The lowest BCUT2D eigenvalue weighted by Crippen LogP contribution is -2.37. The summed E-state index contributed by atoms with van der Waals surface area (Å²) < 4.78 is 18.9. The van der Waals surface area contributed by atoms with Gasteiger partial charge in [-0.05, 0) is 75.3 Å². The number of fused-ring (bicyclic) bond motifs is 1. The van der Waals surface area contributed by atoms with E-state index in [1.165, 1.54) is 17.0 Å². The predicted molar refractivity (Wildman–Crippen MR) is 115 cm³/mol. The Kier molecular flexibility index (Phi) is 5.53. The third-order valence-corrected chi connectivity index (χ3v) is 6.20. The van der Waals surface area contributed by atoms with Gasteiger partial charge in [-0.1, -0.05) is 12.1 Å². The number of carbonyl (C=O) groups excluding carboxylic acids is 2. The van der Waals surface area contributed by atoms with Crippen LogP contribution in [0.1, 0.15) is 51.8 Å². The predicted octanol–water partition coefficient (Wildman–Crippen LogP) is 3.74. The Bertz CT molecular complexity index is 1100. The van der Waals surface area contributed by atoms with Crippen LogP contribution in [0, 0.1) is 5.82 Å². The van der Waals surface area contributed by atoms with Crippen LogP contribution in [0.2, 0.25) is 0 Å². The lowest BCUT2D eigenvalue weighted by atomic mass is 9.97. The average Bonchev–Trinajstić information content (AvgIpc) is 3.40. The van der Waals surface area contributed by atoms with E-state index < -0.39 is 0 Å². The first-order chi connectivity index (χ1) is 15.6. The number of halogens is 1. The van der Waals surface area contributed by atoms with E-state index in [2.05, 4.69) is 15.1 Å². The number of rotatable bonds is 6. The summed E-state index contributed by atoms with van der Waals surface area (Å²) in [6, 6.07) is 13.0. The third kappa shape index (κ3) is 3.93. The van der Waals surface area contributed by atoms with Crippen molar-refractivity contribution >= 4 is 11.8 Å². The van der Waals surface area contributed by atoms with Crippen LogP contribution >= 0.6 is 0 Å². The van der Waals surface area contributed by atoms with Crippen LogP contribution in [0.5, 0.6) is 0 Å². The van der Waals surface area contributed by atoms with Crippen molar-refractivity contribution in [3.05, 3.63) is 71.4 Å². The highest BCUT2D eigenvalue weighted by atomic mass is 19.1.